The molecule has 0 saturated carbocycles. The van der Waals surface area contributed by atoms with E-state index in [4.69, 9.17) is 18.9 Å². The van der Waals surface area contributed by atoms with Crippen molar-refractivity contribution in [3.63, 3.8) is 0 Å². The molecular formula is C18H30O8. The van der Waals surface area contributed by atoms with E-state index >= 15 is 0 Å². The fourth-order valence-corrected chi connectivity index (χ4v) is 2.64. The molecule has 0 aliphatic heterocycles. The van der Waals surface area contributed by atoms with E-state index in [-0.39, 0.29) is 26.4 Å². The van der Waals surface area contributed by atoms with Crippen LogP contribution < -0.4 is 0 Å². The second-order valence-electron chi connectivity index (χ2n) is 5.64. The maximum absolute atomic E-state index is 12.5. The standard InChI is InChI=1S/C18H30O8/c1-7-23-15(19)11(5)13(17(21)25-9-3)14(18(22)26-10-4)12(6)16(20)24-8-2/h11-14H,7-10H2,1-6H3. The fraction of sp³-hybridized carbons (Fsp3) is 0.778. The highest BCUT2D eigenvalue weighted by Crippen LogP contribution is 2.32. The van der Waals surface area contributed by atoms with Crippen LogP contribution in [-0.2, 0) is 38.1 Å². The SMILES string of the molecule is CCOC(=O)C(C)C(C(=O)OCC)C(C(=O)OCC)C(C)C(=O)OCC. The van der Waals surface area contributed by atoms with Crippen LogP contribution in [0.4, 0.5) is 0 Å². The summed E-state index contributed by atoms with van der Waals surface area (Å²) in [5.41, 5.74) is 0. The first-order valence-corrected chi connectivity index (χ1v) is 8.93. The average molecular weight is 374 g/mol. The fourth-order valence-electron chi connectivity index (χ4n) is 2.64. The summed E-state index contributed by atoms with van der Waals surface area (Å²) in [6, 6.07) is 0. The molecular weight excluding hydrogens is 344 g/mol. The van der Waals surface area contributed by atoms with Crippen molar-refractivity contribution in [1.82, 2.24) is 0 Å². The zero-order valence-electron chi connectivity index (χ0n) is 16.4. The van der Waals surface area contributed by atoms with Crippen LogP contribution >= 0.6 is 0 Å². The summed E-state index contributed by atoms with van der Waals surface area (Å²) in [6.45, 7) is 9.78. The topological polar surface area (TPSA) is 105 Å². The number of hydrogen-bond donors (Lipinski definition) is 0. The Morgan fingerprint density at radius 1 is 0.538 bits per heavy atom. The van der Waals surface area contributed by atoms with Crippen molar-refractivity contribution in [2.24, 2.45) is 23.7 Å². The van der Waals surface area contributed by atoms with Crippen LogP contribution in [0.25, 0.3) is 0 Å². The van der Waals surface area contributed by atoms with Gasteiger partial charge in [-0.05, 0) is 27.7 Å². The van der Waals surface area contributed by atoms with Gasteiger partial charge in [0.05, 0.1) is 50.1 Å². The molecule has 0 spiro atoms. The highest BCUT2D eigenvalue weighted by molar-refractivity contribution is 5.90. The number of carbonyl (C=O) groups excluding carboxylic acids is 4. The third-order valence-corrected chi connectivity index (χ3v) is 3.90. The molecule has 26 heavy (non-hydrogen) atoms. The molecule has 0 bridgehead atoms. The van der Waals surface area contributed by atoms with Crippen molar-refractivity contribution in [3.05, 3.63) is 0 Å². The van der Waals surface area contributed by atoms with Gasteiger partial charge in [0.15, 0.2) is 0 Å². The van der Waals surface area contributed by atoms with Crippen molar-refractivity contribution in [2.75, 3.05) is 26.4 Å². The van der Waals surface area contributed by atoms with E-state index in [9.17, 15) is 19.2 Å². The molecule has 0 aromatic rings. The Balaban J connectivity index is 5.96. The maximum Gasteiger partial charge on any atom is 0.310 e. The molecule has 0 aromatic carbocycles. The van der Waals surface area contributed by atoms with Crippen molar-refractivity contribution in [3.8, 4) is 0 Å². The Labute approximate surface area is 154 Å². The Bertz CT molecular complexity index is 444. The predicted octanol–water partition coefficient (Wildman–Crippen LogP) is 1.74. The molecule has 8 heteroatoms. The van der Waals surface area contributed by atoms with E-state index < -0.39 is 47.5 Å². The van der Waals surface area contributed by atoms with E-state index in [2.05, 4.69) is 0 Å². The van der Waals surface area contributed by atoms with Gasteiger partial charge in [-0.25, -0.2) is 0 Å². The second-order valence-corrected chi connectivity index (χ2v) is 5.64. The summed E-state index contributed by atoms with van der Waals surface area (Å²) >= 11 is 0. The zero-order chi connectivity index (χ0) is 20.3. The summed E-state index contributed by atoms with van der Waals surface area (Å²) in [7, 11) is 0. The molecule has 0 rings (SSSR count). The van der Waals surface area contributed by atoms with Gasteiger partial charge >= 0.3 is 23.9 Å². The number of ether oxygens (including phenoxy) is 4. The first-order chi connectivity index (χ1) is 12.3. The highest BCUT2D eigenvalue weighted by Gasteiger charge is 2.48. The van der Waals surface area contributed by atoms with Crippen LogP contribution in [0.1, 0.15) is 41.5 Å². The average Bonchev–Trinajstić information content (AvgIpc) is 2.59. The van der Waals surface area contributed by atoms with Gasteiger partial charge in [-0.15, -0.1) is 0 Å². The van der Waals surface area contributed by atoms with Gasteiger partial charge in [0.25, 0.3) is 0 Å². The minimum Gasteiger partial charge on any atom is -0.466 e. The molecule has 0 aromatic heterocycles. The van der Waals surface area contributed by atoms with E-state index in [0.717, 1.165) is 0 Å². The van der Waals surface area contributed by atoms with Gasteiger partial charge < -0.3 is 18.9 Å². The molecule has 8 nitrogen and oxygen atoms in total. The molecule has 0 heterocycles. The van der Waals surface area contributed by atoms with Crippen molar-refractivity contribution in [1.29, 1.82) is 0 Å². The number of hydrogen-bond acceptors (Lipinski definition) is 8. The highest BCUT2D eigenvalue weighted by atomic mass is 16.6. The van der Waals surface area contributed by atoms with E-state index in [1.807, 2.05) is 0 Å². The van der Waals surface area contributed by atoms with Gasteiger partial charge in [0.1, 0.15) is 0 Å². The van der Waals surface area contributed by atoms with Gasteiger partial charge in [-0.1, -0.05) is 13.8 Å². The normalized spacial score (nSPS) is 15.2. The Morgan fingerprint density at radius 2 is 0.769 bits per heavy atom. The number of esters is 4. The molecule has 0 fully saturated rings. The van der Waals surface area contributed by atoms with Gasteiger partial charge in [0, 0.05) is 0 Å². The van der Waals surface area contributed by atoms with Gasteiger partial charge in [0.2, 0.25) is 0 Å². The molecule has 150 valence electrons. The number of carbonyl (C=O) groups is 4. The van der Waals surface area contributed by atoms with Crippen LogP contribution in [0.2, 0.25) is 0 Å². The summed E-state index contributed by atoms with van der Waals surface area (Å²) in [5.74, 6) is -7.29. The molecule has 0 amide bonds. The monoisotopic (exact) mass is 374 g/mol. The lowest BCUT2D eigenvalue weighted by Crippen LogP contribution is -2.45. The van der Waals surface area contributed by atoms with Crippen LogP contribution in [0.5, 0.6) is 0 Å². The molecule has 0 radical (unpaired) electrons. The molecule has 4 unspecified atom stereocenters. The van der Waals surface area contributed by atoms with Gasteiger partial charge in [-0.2, -0.15) is 0 Å². The van der Waals surface area contributed by atoms with Crippen LogP contribution in [0.15, 0.2) is 0 Å². The lowest BCUT2D eigenvalue weighted by molar-refractivity contribution is -0.174. The summed E-state index contributed by atoms with van der Waals surface area (Å²) in [6.07, 6.45) is 0. The Hall–Kier alpha value is -2.12. The lowest BCUT2D eigenvalue weighted by Gasteiger charge is -2.30. The largest absolute Gasteiger partial charge is 0.466 e. The molecule has 0 N–H and O–H groups in total. The van der Waals surface area contributed by atoms with Crippen molar-refractivity contribution in [2.45, 2.75) is 41.5 Å². The summed E-state index contributed by atoms with van der Waals surface area (Å²) in [5, 5.41) is 0. The van der Waals surface area contributed by atoms with Crippen LogP contribution in [0, 0.1) is 23.7 Å². The minimum atomic E-state index is -1.23. The van der Waals surface area contributed by atoms with E-state index in [0.29, 0.717) is 0 Å². The van der Waals surface area contributed by atoms with Crippen molar-refractivity contribution < 1.29 is 38.1 Å². The summed E-state index contributed by atoms with van der Waals surface area (Å²) in [4.78, 5) is 49.5. The van der Waals surface area contributed by atoms with Gasteiger partial charge in [-0.3, -0.25) is 19.2 Å². The Morgan fingerprint density at radius 3 is 1.00 bits per heavy atom. The van der Waals surface area contributed by atoms with Crippen LogP contribution in [-0.4, -0.2) is 50.3 Å². The van der Waals surface area contributed by atoms with Crippen molar-refractivity contribution >= 4 is 23.9 Å². The molecule has 0 aliphatic rings. The minimum absolute atomic E-state index is 0.0637. The lowest BCUT2D eigenvalue weighted by atomic mass is 9.75. The molecule has 0 aliphatic carbocycles. The van der Waals surface area contributed by atoms with Crippen LogP contribution in [0.3, 0.4) is 0 Å². The summed E-state index contributed by atoms with van der Waals surface area (Å²) < 4.78 is 20.0. The predicted molar refractivity (Wildman–Crippen MR) is 91.8 cm³/mol. The molecule has 0 saturated heterocycles. The zero-order valence-corrected chi connectivity index (χ0v) is 16.4. The molecule has 4 atom stereocenters. The first-order valence-electron chi connectivity index (χ1n) is 8.93. The smallest absolute Gasteiger partial charge is 0.310 e. The maximum atomic E-state index is 12.5. The quantitative estimate of drug-likeness (QED) is 0.398. The second kappa shape index (κ2) is 12.3. The third-order valence-electron chi connectivity index (χ3n) is 3.90. The third kappa shape index (κ3) is 6.65. The van der Waals surface area contributed by atoms with E-state index in [1.54, 1.807) is 27.7 Å². The number of rotatable bonds is 11. The van der Waals surface area contributed by atoms with E-state index in [1.165, 1.54) is 13.8 Å². The Kier molecular flexibility index (Phi) is 11.3. The first kappa shape index (κ1) is 23.9.